The van der Waals surface area contributed by atoms with Crippen LogP contribution >= 0.6 is 0 Å². The molecule has 2 heterocycles. The van der Waals surface area contributed by atoms with E-state index in [9.17, 15) is 9.18 Å². The monoisotopic (exact) mass is 309 g/mol. The van der Waals surface area contributed by atoms with Gasteiger partial charge in [0.2, 0.25) is 6.23 Å². The van der Waals surface area contributed by atoms with Gasteiger partial charge in [0.25, 0.3) is 5.91 Å². The molecule has 4 nitrogen and oxygen atoms in total. The van der Waals surface area contributed by atoms with Gasteiger partial charge in [0.1, 0.15) is 17.3 Å². The van der Waals surface area contributed by atoms with E-state index >= 15 is 0 Å². The molecule has 0 spiro atoms. The lowest BCUT2D eigenvalue weighted by Gasteiger charge is -2.25. The van der Waals surface area contributed by atoms with Gasteiger partial charge in [0.15, 0.2) is 5.76 Å². The van der Waals surface area contributed by atoms with Crippen molar-refractivity contribution >= 4 is 5.91 Å². The van der Waals surface area contributed by atoms with Crippen LogP contribution in [0.15, 0.2) is 65.1 Å². The molecule has 1 aliphatic heterocycles. The highest BCUT2D eigenvalue weighted by Crippen LogP contribution is 2.32. The van der Waals surface area contributed by atoms with E-state index in [1.54, 1.807) is 54.6 Å². The first kappa shape index (κ1) is 13.6. The average Bonchev–Trinajstić information content (AvgIpc) is 3.05. The molecule has 1 atom stereocenters. The van der Waals surface area contributed by atoms with Crippen molar-refractivity contribution in [1.82, 2.24) is 5.32 Å². The first-order valence-electron chi connectivity index (χ1n) is 7.13. The van der Waals surface area contributed by atoms with Gasteiger partial charge in [-0.3, -0.25) is 4.79 Å². The Bertz CT molecular complexity index is 887. The van der Waals surface area contributed by atoms with Crippen molar-refractivity contribution < 1.29 is 18.3 Å². The minimum Gasteiger partial charge on any atom is -0.462 e. The topological polar surface area (TPSA) is 51.5 Å². The van der Waals surface area contributed by atoms with Crippen LogP contribution in [-0.2, 0) is 0 Å². The van der Waals surface area contributed by atoms with Gasteiger partial charge in [-0.1, -0.05) is 24.3 Å². The lowest BCUT2D eigenvalue weighted by Crippen LogP contribution is -2.36. The number of furan rings is 1. The quantitative estimate of drug-likeness (QED) is 0.781. The van der Waals surface area contributed by atoms with Gasteiger partial charge in [-0.05, 0) is 36.4 Å². The molecule has 0 aliphatic carbocycles. The normalized spacial score (nSPS) is 16.4. The van der Waals surface area contributed by atoms with E-state index in [4.69, 9.17) is 9.15 Å². The molecule has 1 aliphatic rings. The Morgan fingerprint density at radius 2 is 1.65 bits per heavy atom. The first-order chi connectivity index (χ1) is 11.2. The van der Waals surface area contributed by atoms with Gasteiger partial charge in [-0.15, -0.1) is 0 Å². The van der Waals surface area contributed by atoms with Gasteiger partial charge in [0.05, 0.1) is 11.1 Å². The highest BCUT2D eigenvalue weighted by atomic mass is 19.1. The number of nitrogens with one attached hydrogen (secondary N) is 1. The maximum Gasteiger partial charge on any atom is 0.258 e. The summed E-state index contributed by atoms with van der Waals surface area (Å²) in [4.78, 5) is 12.1. The highest BCUT2D eigenvalue weighted by Gasteiger charge is 2.28. The Hall–Kier alpha value is -3.08. The molecular formula is C18H12FNO3. The van der Waals surface area contributed by atoms with Crippen molar-refractivity contribution in [3.63, 3.8) is 0 Å². The first-order valence-corrected chi connectivity index (χ1v) is 7.13. The number of para-hydroxylation sites is 1. The maximum absolute atomic E-state index is 13.8. The largest absolute Gasteiger partial charge is 0.462 e. The van der Waals surface area contributed by atoms with E-state index in [2.05, 4.69) is 5.32 Å². The summed E-state index contributed by atoms with van der Waals surface area (Å²) in [5, 5.41) is 2.72. The van der Waals surface area contributed by atoms with Crippen molar-refractivity contribution in [2.45, 2.75) is 6.23 Å². The SMILES string of the molecule is O=C1N[C@@H](c2ccc(-c3ccccc3F)o2)Oc2ccccc21. The molecule has 23 heavy (non-hydrogen) atoms. The van der Waals surface area contributed by atoms with Crippen LogP contribution in [0, 0.1) is 5.82 Å². The predicted octanol–water partition coefficient (Wildman–Crippen LogP) is 3.91. The molecule has 1 amide bonds. The highest BCUT2D eigenvalue weighted by molar-refractivity contribution is 5.97. The number of benzene rings is 2. The Morgan fingerprint density at radius 1 is 0.913 bits per heavy atom. The summed E-state index contributed by atoms with van der Waals surface area (Å²) >= 11 is 0. The fraction of sp³-hybridized carbons (Fsp3) is 0.0556. The Labute approximate surface area is 131 Å². The Kier molecular flexibility index (Phi) is 3.12. The second-order valence-corrected chi connectivity index (χ2v) is 5.15. The van der Waals surface area contributed by atoms with Gasteiger partial charge in [0, 0.05) is 0 Å². The third-order valence-corrected chi connectivity index (χ3v) is 3.66. The number of hydrogen-bond acceptors (Lipinski definition) is 3. The lowest BCUT2D eigenvalue weighted by atomic mass is 10.1. The molecule has 1 aromatic heterocycles. The van der Waals surface area contributed by atoms with Crippen LogP contribution in [0.4, 0.5) is 4.39 Å². The van der Waals surface area contributed by atoms with Gasteiger partial charge in [-0.25, -0.2) is 4.39 Å². The minimum atomic E-state index is -0.738. The van der Waals surface area contributed by atoms with Crippen LogP contribution in [0.3, 0.4) is 0 Å². The summed E-state index contributed by atoms with van der Waals surface area (Å²) in [5.41, 5.74) is 0.839. The molecule has 1 N–H and O–H groups in total. The number of halogens is 1. The fourth-order valence-electron chi connectivity index (χ4n) is 2.54. The number of carbonyl (C=O) groups is 1. The zero-order valence-corrected chi connectivity index (χ0v) is 12.0. The molecule has 0 saturated carbocycles. The minimum absolute atomic E-state index is 0.235. The number of carbonyl (C=O) groups excluding carboxylic acids is 1. The second-order valence-electron chi connectivity index (χ2n) is 5.15. The van der Waals surface area contributed by atoms with Gasteiger partial charge < -0.3 is 14.5 Å². The third kappa shape index (κ3) is 2.36. The van der Waals surface area contributed by atoms with Gasteiger partial charge in [-0.2, -0.15) is 0 Å². The molecule has 0 saturated heterocycles. The third-order valence-electron chi connectivity index (χ3n) is 3.66. The Balaban J connectivity index is 1.66. The molecule has 0 fully saturated rings. The summed E-state index contributed by atoms with van der Waals surface area (Å²) in [6.45, 7) is 0. The molecule has 0 radical (unpaired) electrons. The van der Waals surface area contributed by atoms with E-state index < -0.39 is 6.23 Å². The number of ether oxygens (including phenoxy) is 1. The zero-order valence-electron chi connectivity index (χ0n) is 12.0. The number of hydrogen-bond donors (Lipinski definition) is 1. The van der Waals surface area contributed by atoms with E-state index in [0.29, 0.717) is 28.4 Å². The Morgan fingerprint density at radius 3 is 2.48 bits per heavy atom. The molecule has 114 valence electrons. The molecular weight excluding hydrogens is 297 g/mol. The lowest BCUT2D eigenvalue weighted by molar-refractivity contribution is 0.0709. The van der Waals surface area contributed by atoms with Crippen LogP contribution in [0.5, 0.6) is 5.75 Å². The van der Waals surface area contributed by atoms with Crippen molar-refractivity contribution in [1.29, 1.82) is 0 Å². The van der Waals surface area contributed by atoms with E-state index in [1.807, 2.05) is 0 Å². The number of rotatable bonds is 2. The van der Waals surface area contributed by atoms with Crippen LogP contribution in [0.2, 0.25) is 0 Å². The summed E-state index contributed by atoms with van der Waals surface area (Å²) in [6, 6.07) is 16.6. The van der Waals surface area contributed by atoms with Crippen LogP contribution in [0.25, 0.3) is 11.3 Å². The smallest absolute Gasteiger partial charge is 0.258 e. The average molecular weight is 309 g/mol. The van der Waals surface area contributed by atoms with E-state index in [1.165, 1.54) is 6.07 Å². The van der Waals surface area contributed by atoms with Crippen molar-refractivity contribution in [2.75, 3.05) is 0 Å². The maximum atomic E-state index is 13.8. The van der Waals surface area contributed by atoms with Crippen LogP contribution < -0.4 is 10.1 Å². The molecule has 5 heteroatoms. The number of amides is 1. The molecule has 2 aromatic carbocycles. The molecule has 3 aromatic rings. The van der Waals surface area contributed by atoms with Crippen molar-refractivity contribution in [3.8, 4) is 17.1 Å². The van der Waals surface area contributed by atoms with E-state index in [0.717, 1.165) is 0 Å². The summed E-state index contributed by atoms with van der Waals surface area (Å²) in [7, 11) is 0. The molecule has 0 unspecified atom stereocenters. The van der Waals surface area contributed by atoms with Gasteiger partial charge >= 0.3 is 0 Å². The van der Waals surface area contributed by atoms with Crippen molar-refractivity contribution in [2.24, 2.45) is 0 Å². The summed E-state index contributed by atoms with van der Waals surface area (Å²) in [5.74, 6) is 0.680. The van der Waals surface area contributed by atoms with Crippen molar-refractivity contribution in [3.05, 3.63) is 77.8 Å². The van der Waals surface area contributed by atoms with E-state index in [-0.39, 0.29) is 11.7 Å². The zero-order chi connectivity index (χ0) is 15.8. The summed E-state index contributed by atoms with van der Waals surface area (Å²) in [6.07, 6.45) is -0.738. The number of fused-ring (bicyclic) bond motifs is 1. The molecule has 0 bridgehead atoms. The predicted molar refractivity (Wildman–Crippen MR) is 81.4 cm³/mol. The van der Waals surface area contributed by atoms with Crippen LogP contribution in [-0.4, -0.2) is 5.91 Å². The second kappa shape index (κ2) is 5.28. The standard InChI is InChI=1S/C18H12FNO3/c19-13-7-3-1-5-11(13)15-9-10-16(22-15)18-20-17(21)12-6-2-4-8-14(12)23-18/h1-10,18H,(H,20,21)/t18-/m1/s1. The van der Waals surface area contributed by atoms with Crippen LogP contribution in [0.1, 0.15) is 22.3 Å². The fourth-order valence-corrected chi connectivity index (χ4v) is 2.54. The summed E-state index contributed by atoms with van der Waals surface area (Å²) < 4.78 is 25.2. The molecule has 4 rings (SSSR count).